The third-order valence-electron chi connectivity index (χ3n) is 3.06. The van der Waals surface area contributed by atoms with E-state index in [0.717, 1.165) is 24.0 Å². The minimum atomic E-state index is -0.696. The second-order valence-corrected chi connectivity index (χ2v) is 5.11. The fourth-order valence-corrected chi connectivity index (χ4v) is 1.99. The van der Waals surface area contributed by atoms with Crippen molar-refractivity contribution in [2.24, 2.45) is 4.99 Å². The molecule has 0 radical (unpaired) electrons. The molecule has 104 valence electrons. The van der Waals surface area contributed by atoms with Crippen molar-refractivity contribution in [3.8, 4) is 0 Å². The van der Waals surface area contributed by atoms with E-state index in [9.17, 15) is 10.1 Å². The fraction of sp³-hybridized carbons (Fsp3) is 0.533. The highest BCUT2D eigenvalue weighted by Gasteiger charge is 2.23. The highest BCUT2D eigenvalue weighted by Crippen LogP contribution is 2.18. The van der Waals surface area contributed by atoms with Crippen LogP contribution in [0.5, 0.6) is 0 Å². The van der Waals surface area contributed by atoms with E-state index in [2.05, 4.69) is 24.9 Å². The SMILES string of the molecule is CC(C)=CCC/C(C)=C\C(C1=CC=NCC1)[N+](=O)[O-]. The summed E-state index contributed by atoms with van der Waals surface area (Å²) >= 11 is 0. The number of aliphatic imine (C=N–C) groups is 1. The zero-order chi connectivity index (χ0) is 14.3. The molecule has 1 unspecified atom stereocenters. The van der Waals surface area contributed by atoms with Gasteiger partial charge in [-0.15, -0.1) is 0 Å². The number of nitro groups is 1. The molecule has 0 aromatic rings. The maximum Gasteiger partial charge on any atom is 0.253 e. The maximum absolute atomic E-state index is 11.2. The Hall–Kier alpha value is -1.71. The Kier molecular flexibility index (Phi) is 6.19. The van der Waals surface area contributed by atoms with Crippen molar-refractivity contribution in [1.82, 2.24) is 0 Å². The van der Waals surface area contributed by atoms with Gasteiger partial charge in [-0.1, -0.05) is 17.2 Å². The summed E-state index contributed by atoms with van der Waals surface area (Å²) in [6.07, 6.45) is 9.87. The van der Waals surface area contributed by atoms with Gasteiger partial charge in [0.15, 0.2) is 0 Å². The van der Waals surface area contributed by atoms with Crippen molar-refractivity contribution in [3.63, 3.8) is 0 Å². The number of hydrogen-bond donors (Lipinski definition) is 0. The average Bonchev–Trinajstić information content (AvgIpc) is 2.36. The van der Waals surface area contributed by atoms with Crippen molar-refractivity contribution in [2.45, 2.75) is 46.1 Å². The summed E-state index contributed by atoms with van der Waals surface area (Å²) in [4.78, 5) is 15.0. The summed E-state index contributed by atoms with van der Waals surface area (Å²) in [5.74, 6) is 0. The fourth-order valence-electron chi connectivity index (χ4n) is 1.99. The summed E-state index contributed by atoms with van der Waals surface area (Å²) in [5, 5.41) is 11.2. The molecule has 4 heteroatoms. The van der Waals surface area contributed by atoms with Gasteiger partial charge in [-0.3, -0.25) is 15.1 Å². The molecular weight excluding hydrogens is 240 g/mol. The lowest BCUT2D eigenvalue weighted by molar-refractivity contribution is -0.499. The van der Waals surface area contributed by atoms with E-state index in [0.29, 0.717) is 13.0 Å². The van der Waals surface area contributed by atoms with Crippen molar-refractivity contribution >= 4 is 6.21 Å². The van der Waals surface area contributed by atoms with E-state index >= 15 is 0 Å². The van der Waals surface area contributed by atoms with Gasteiger partial charge in [0.2, 0.25) is 0 Å². The van der Waals surface area contributed by atoms with Crippen molar-refractivity contribution in [1.29, 1.82) is 0 Å². The first kappa shape index (κ1) is 15.3. The first-order chi connectivity index (χ1) is 9.00. The van der Waals surface area contributed by atoms with Crippen LogP contribution in [-0.2, 0) is 0 Å². The van der Waals surface area contributed by atoms with E-state index in [1.165, 1.54) is 5.57 Å². The third-order valence-corrected chi connectivity index (χ3v) is 3.06. The van der Waals surface area contributed by atoms with Gasteiger partial charge in [-0.05, 0) is 52.2 Å². The minimum absolute atomic E-state index is 0.213. The van der Waals surface area contributed by atoms with Gasteiger partial charge in [-0.2, -0.15) is 0 Å². The smallest absolute Gasteiger partial charge is 0.253 e. The second kappa shape index (κ2) is 7.67. The van der Waals surface area contributed by atoms with Crippen LogP contribution in [0.3, 0.4) is 0 Å². The van der Waals surface area contributed by atoms with E-state index < -0.39 is 6.04 Å². The first-order valence-electron chi connectivity index (χ1n) is 6.63. The van der Waals surface area contributed by atoms with Crippen LogP contribution in [0.2, 0.25) is 0 Å². The molecule has 1 heterocycles. The zero-order valence-electron chi connectivity index (χ0n) is 11.9. The van der Waals surface area contributed by atoms with Crippen LogP contribution < -0.4 is 0 Å². The highest BCUT2D eigenvalue weighted by molar-refractivity contribution is 5.73. The number of nitrogens with zero attached hydrogens (tertiary/aromatic N) is 2. The van der Waals surface area contributed by atoms with Gasteiger partial charge in [0.25, 0.3) is 6.04 Å². The Morgan fingerprint density at radius 1 is 1.53 bits per heavy atom. The van der Waals surface area contributed by atoms with Crippen LogP contribution in [0.4, 0.5) is 0 Å². The van der Waals surface area contributed by atoms with E-state index in [1.807, 2.05) is 6.92 Å². The van der Waals surface area contributed by atoms with E-state index in [4.69, 9.17) is 0 Å². The first-order valence-corrected chi connectivity index (χ1v) is 6.63. The van der Waals surface area contributed by atoms with E-state index in [-0.39, 0.29) is 4.92 Å². The van der Waals surface area contributed by atoms with Crippen LogP contribution in [0.25, 0.3) is 0 Å². The molecule has 0 aromatic carbocycles. The van der Waals surface area contributed by atoms with Gasteiger partial charge in [0.05, 0.1) is 0 Å². The summed E-state index contributed by atoms with van der Waals surface area (Å²) < 4.78 is 0. The standard InChI is InChI=1S/C15H22N2O2/c1-12(2)5-4-6-13(3)11-15(17(18)19)14-7-9-16-10-8-14/h5,7,9,11,15H,4,6,8,10H2,1-3H3/b13-11-. The molecule has 4 nitrogen and oxygen atoms in total. The molecule has 0 aromatic heterocycles. The number of rotatable bonds is 6. The molecule has 1 aliphatic rings. The molecule has 0 fully saturated rings. The van der Waals surface area contributed by atoms with Crippen LogP contribution in [0.15, 0.2) is 39.9 Å². The molecule has 0 saturated carbocycles. The third kappa shape index (κ3) is 5.64. The van der Waals surface area contributed by atoms with Gasteiger partial charge in [0, 0.05) is 23.3 Å². The van der Waals surface area contributed by atoms with Crippen LogP contribution in [0.1, 0.15) is 40.0 Å². The zero-order valence-corrected chi connectivity index (χ0v) is 11.9. The monoisotopic (exact) mass is 262 g/mol. The molecule has 0 saturated heterocycles. The quantitative estimate of drug-likeness (QED) is 0.416. The number of hydrogen-bond acceptors (Lipinski definition) is 3. The summed E-state index contributed by atoms with van der Waals surface area (Å²) in [5.41, 5.74) is 3.20. The van der Waals surface area contributed by atoms with Crippen molar-refractivity contribution in [2.75, 3.05) is 6.54 Å². The van der Waals surface area contributed by atoms with E-state index in [1.54, 1.807) is 18.4 Å². The maximum atomic E-state index is 11.2. The molecule has 0 spiro atoms. The summed E-state index contributed by atoms with van der Waals surface area (Å²) in [6.45, 7) is 6.74. The molecule has 19 heavy (non-hydrogen) atoms. The Balaban J connectivity index is 2.72. The predicted molar refractivity (Wildman–Crippen MR) is 79.3 cm³/mol. The lowest BCUT2D eigenvalue weighted by Crippen LogP contribution is -2.22. The van der Waals surface area contributed by atoms with Crippen molar-refractivity contribution in [3.05, 3.63) is 45.1 Å². The minimum Gasteiger partial charge on any atom is -0.293 e. The Labute approximate surface area is 114 Å². The lowest BCUT2D eigenvalue weighted by atomic mass is 9.99. The Morgan fingerprint density at radius 2 is 2.26 bits per heavy atom. The van der Waals surface area contributed by atoms with Gasteiger partial charge >= 0.3 is 0 Å². The van der Waals surface area contributed by atoms with Crippen LogP contribution in [-0.4, -0.2) is 23.7 Å². The summed E-state index contributed by atoms with van der Waals surface area (Å²) in [6, 6.07) is -0.696. The normalized spacial score (nSPS) is 16.8. The summed E-state index contributed by atoms with van der Waals surface area (Å²) in [7, 11) is 0. The topological polar surface area (TPSA) is 55.5 Å². The lowest BCUT2D eigenvalue weighted by Gasteiger charge is -2.12. The average molecular weight is 262 g/mol. The Morgan fingerprint density at radius 3 is 2.79 bits per heavy atom. The largest absolute Gasteiger partial charge is 0.293 e. The van der Waals surface area contributed by atoms with Gasteiger partial charge in [0.1, 0.15) is 0 Å². The highest BCUT2D eigenvalue weighted by atomic mass is 16.6. The predicted octanol–water partition coefficient (Wildman–Crippen LogP) is 3.73. The molecule has 0 bridgehead atoms. The molecule has 0 N–H and O–H groups in total. The molecule has 0 amide bonds. The molecule has 0 aliphatic carbocycles. The number of dihydropyridines is 1. The van der Waals surface area contributed by atoms with Gasteiger partial charge in [-0.25, -0.2) is 0 Å². The van der Waals surface area contributed by atoms with Gasteiger partial charge < -0.3 is 0 Å². The molecule has 1 rings (SSSR count). The second-order valence-electron chi connectivity index (χ2n) is 5.11. The Bertz CT molecular complexity index is 441. The number of allylic oxidation sites excluding steroid dienone is 4. The molecular formula is C15H22N2O2. The van der Waals surface area contributed by atoms with Crippen LogP contribution in [0, 0.1) is 10.1 Å². The van der Waals surface area contributed by atoms with Crippen molar-refractivity contribution < 1.29 is 4.92 Å². The molecule has 1 atom stereocenters. The molecule has 1 aliphatic heterocycles. The van der Waals surface area contributed by atoms with Crippen LogP contribution >= 0.6 is 0 Å².